The van der Waals surface area contributed by atoms with Crippen LogP contribution in [-0.4, -0.2) is 24.3 Å². The van der Waals surface area contributed by atoms with E-state index >= 15 is 0 Å². The molecule has 3 heteroatoms. The molecule has 2 N–H and O–H groups in total. The van der Waals surface area contributed by atoms with E-state index in [2.05, 4.69) is 36.5 Å². The summed E-state index contributed by atoms with van der Waals surface area (Å²) in [6.45, 7) is 2.05. The van der Waals surface area contributed by atoms with Gasteiger partial charge in [0, 0.05) is 12.1 Å². The molecule has 0 amide bonds. The van der Waals surface area contributed by atoms with Crippen LogP contribution >= 0.6 is 0 Å². The van der Waals surface area contributed by atoms with Gasteiger partial charge in [-0.25, -0.2) is 0 Å². The average molecular weight is 311 g/mol. The number of rotatable bonds is 5. The molecule has 2 aromatic carbocycles. The van der Waals surface area contributed by atoms with Gasteiger partial charge in [-0.15, -0.1) is 0 Å². The first-order chi connectivity index (χ1) is 11.2. The zero-order chi connectivity index (χ0) is 16.2. The van der Waals surface area contributed by atoms with Crippen molar-refractivity contribution in [3.8, 4) is 5.75 Å². The highest BCUT2D eigenvalue weighted by Crippen LogP contribution is 2.24. The Morgan fingerprint density at radius 2 is 1.78 bits per heavy atom. The van der Waals surface area contributed by atoms with Gasteiger partial charge in [0.15, 0.2) is 0 Å². The highest BCUT2D eigenvalue weighted by molar-refractivity contribution is 5.31. The molecule has 0 radical (unpaired) electrons. The van der Waals surface area contributed by atoms with Crippen LogP contribution in [0.4, 0.5) is 0 Å². The Balaban J connectivity index is 1.61. The van der Waals surface area contributed by atoms with Crippen molar-refractivity contribution >= 4 is 0 Å². The summed E-state index contributed by atoms with van der Waals surface area (Å²) in [5.74, 6) is 0.811. The zero-order valence-corrected chi connectivity index (χ0v) is 13.8. The molecular formula is C20H25NO2. The van der Waals surface area contributed by atoms with Crippen LogP contribution in [0.3, 0.4) is 0 Å². The van der Waals surface area contributed by atoms with Crippen molar-refractivity contribution in [1.29, 1.82) is 0 Å². The van der Waals surface area contributed by atoms with Gasteiger partial charge in [0.05, 0.1) is 13.2 Å². The minimum Gasteiger partial charge on any atom is -0.497 e. The summed E-state index contributed by atoms with van der Waals surface area (Å²) in [7, 11) is 1.65. The van der Waals surface area contributed by atoms with E-state index < -0.39 is 6.10 Å². The average Bonchev–Trinajstić information content (AvgIpc) is 2.61. The lowest BCUT2D eigenvalue weighted by Gasteiger charge is -2.30. The number of ether oxygens (including phenoxy) is 1. The van der Waals surface area contributed by atoms with Crippen molar-refractivity contribution in [2.24, 2.45) is 0 Å². The van der Waals surface area contributed by atoms with Crippen molar-refractivity contribution in [2.75, 3.05) is 7.11 Å². The lowest BCUT2D eigenvalue weighted by Crippen LogP contribution is -2.43. The maximum atomic E-state index is 10.6. The number of aliphatic hydroxyl groups excluding tert-OH is 1. The number of nitrogens with one attached hydrogen (secondary N) is 1. The van der Waals surface area contributed by atoms with E-state index in [-0.39, 0.29) is 6.04 Å². The van der Waals surface area contributed by atoms with E-state index in [1.807, 2.05) is 24.3 Å². The van der Waals surface area contributed by atoms with Crippen molar-refractivity contribution in [3.63, 3.8) is 0 Å². The fraction of sp³-hybridized carbons (Fsp3) is 0.400. The van der Waals surface area contributed by atoms with E-state index in [9.17, 15) is 5.11 Å². The molecule has 3 nitrogen and oxygen atoms in total. The summed E-state index contributed by atoms with van der Waals surface area (Å²) < 4.78 is 5.17. The Hall–Kier alpha value is -1.84. The van der Waals surface area contributed by atoms with Gasteiger partial charge >= 0.3 is 0 Å². The Bertz CT molecular complexity index is 638. The van der Waals surface area contributed by atoms with Gasteiger partial charge in [-0.3, -0.25) is 0 Å². The second-order valence-corrected chi connectivity index (χ2v) is 6.38. The number of benzene rings is 2. The van der Waals surface area contributed by atoms with Crippen molar-refractivity contribution in [1.82, 2.24) is 5.32 Å². The number of aryl methyl sites for hydroxylation is 1. The normalized spacial score (nSPS) is 19.7. The van der Waals surface area contributed by atoms with Crippen LogP contribution in [0.1, 0.15) is 36.1 Å². The van der Waals surface area contributed by atoms with E-state index in [0.717, 1.165) is 30.6 Å². The van der Waals surface area contributed by atoms with Crippen LogP contribution in [0.25, 0.3) is 0 Å². The summed E-state index contributed by atoms with van der Waals surface area (Å²) in [5, 5.41) is 14.2. The van der Waals surface area contributed by atoms with Gasteiger partial charge in [0.2, 0.25) is 0 Å². The molecule has 122 valence electrons. The van der Waals surface area contributed by atoms with Gasteiger partial charge in [0.25, 0.3) is 0 Å². The molecule has 1 aliphatic carbocycles. The van der Waals surface area contributed by atoms with E-state index in [1.165, 1.54) is 11.1 Å². The fourth-order valence-electron chi connectivity index (χ4n) is 3.39. The molecule has 3 atom stereocenters. The van der Waals surface area contributed by atoms with Gasteiger partial charge in [-0.05, 0) is 55.0 Å². The summed E-state index contributed by atoms with van der Waals surface area (Å²) >= 11 is 0. The molecule has 23 heavy (non-hydrogen) atoms. The predicted molar refractivity (Wildman–Crippen MR) is 92.8 cm³/mol. The largest absolute Gasteiger partial charge is 0.497 e. The minimum absolute atomic E-state index is 0.0126. The predicted octanol–water partition coefficient (Wildman–Crippen LogP) is 3.26. The Kier molecular flexibility index (Phi) is 4.99. The summed E-state index contributed by atoms with van der Waals surface area (Å²) in [6.07, 6.45) is 2.75. The summed E-state index contributed by atoms with van der Waals surface area (Å²) in [6, 6.07) is 16.7. The zero-order valence-electron chi connectivity index (χ0n) is 13.8. The number of methoxy groups -OCH3 is 1. The molecule has 0 saturated carbocycles. The van der Waals surface area contributed by atoms with E-state index in [4.69, 9.17) is 4.74 Å². The third-order valence-corrected chi connectivity index (χ3v) is 4.78. The van der Waals surface area contributed by atoms with Crippen LogP contribution in [0.2, 0.25) is 0 Å². The molecule has 0 heterocycles. The molecule has 0 aromatic heterocycles. The monoisotopic (exact) mass is 311 g/mol. The second-order valence-electron chi connectivity index (χ2n) is 6.38. The third-order valence-electron chi connectivity index (χ3n) is 4.78. The lowest BCUT2D eigenvalue weighted by molar-refractivity contribution is 0.127. The van der Waals surface area contributed by atoms with Crippen molar-refractivity contribution in [2.45, 2.75) is 44.4 Å². The molecule has 0 aliphatic heterocycles. The van der Waals surface area contributed by atoms with Crippen LogP contribution in [0.15, 0.2) is 48.5 Å². The van der Waals surface area contributed by atoms with Gasteiger partial charge in [0.1, 0.15) is 5.75 Å². The molecule has 2 aromatic rings. The van der Waals surface area contributed by atoms with E-state index in [1.54, 1.807) is 7.11 Å². The smallest absolute Gasteiger partial charge is 0.118 e. The molecular weight excluding hydrogens is 286 g/mol. The maximum absolute atomic E-state index is 10.6. The Morgan fingerprint density at radius 3 is 2.48 bits per heavy atom. The second kappa shape index (κ2) is 7.16. The first kappa shape index (κ1) is 16.0. The fourth-order valence-corrected chi connectivity index (χ4v) is 3.39. The van der Waals surface area contributed by atoms with Crippen molar-refractivity contribution in [3.05, 3.63) is 65.2 Å². The highest BCUT2D eigenvalue weighted by Gasteiger charge is 2.23. The van der Waals surface area contributed by atoms with Crippen LogP contribution in [0.5, 0.6) is 5.75 Å². The molecule has 1 aliphatic rings. The van der Waals surface area contributed by atoms with E-state index in [0.29, 0.717) is 6.04 Å². The molecule has 0 bridgehead atoms. The summed E-state index contributed by atoms with van der Waals surface area (Å²) in [5.41, 5.74) is 3.82. The molecule has 0 saturated heterocycles. The number of hydrogen-bond acceptors (Lipinski definition) is 3. The summed E-state index contributed by atoms with van der Waals surface area (Å²) in [4.78, 5) is 0. The molecule has 0 spiro atoms. The van der Waals surface area contributed by atoms with Gasteiger partial charge in [-0.1, -0.05) is 36.4 Å². The van der Waals surface area contributed by atoms with Crippen LogP contribution in [0, 0.1) is 0 Å². The third kappa shape index (κ3) is 3.74. The lowest BCUT2D eigenvalue weighted by atomic mass is 9.87. The Labute approximate surface area is 138 Å². The maximum Gasteiger partial charge on any atom is 0.118 e. The minimum atomic E-state index is -0.516. The Morgan fingerprint density at radius 1 is 1.09 bits per heavy atom. The SMILES string of the molecule is COc1ccc(C(O)C(C)NC2CCc3ccccc3C2)cc1. The molecule has 3 rings (SSSR count). The highest BCUT2D eigenvalue weighted by atomic mass is 16.5. The number of fused-ring (bicyclic) bond motifs is 1. The van der Waals surface area contributed by atoms with Crippen LogP contribution in [-0.2, 0) is 12.8 Å². The first-order valence-corrected chi connectivity index (χ1v) is 8.32. The molecule has 3 unspecified atom stereocenters. The van der Waals surface area contributed by atoms with Crippen LogP contribution < -0.4 is 10.1 Å². The number of hydrogen-bond donors (Lipinski definition) is 2. The first-order valence-electron chi connectivity index (χ1n) is 8.32. The van der Waals surface area contributed by atoms with Gasteiger partial charge in [-0.2, -0.15) is 0 Å². The quantitative estimate of drug-likeness (QED) is 0.890. The topological polar surface area (TPSA) is 41.5 Å². The molecule has 0 fully saturated rings. The van der Waals surface area contributed by atoms with Gasteiger partial charge < -0.3 is 15.2 Å². The van der Waals surface area contributed by atoms with Crippen molar-refractivity contribution < 1.29 is 9.84 Å². The standard InChI is InChI=1S/C20H25NO2/c1-14(20(22)16-8-11-19(23-2)12-9-16)21-18-10-7-15-5-3-4-6-17(15)13-18/h3-6,8-9,11-12,14,18,20-22H,7,10,13H2,1-2H3. The number of aliphatic hydroxyl groups is 1.